The molecule has 2 aromatic rings. The van der Waals surface area contributed by atoms with Crippen molar-refractivity contribution < 1.29 is 4.79 Å². The Morgan fingerprint density at radius 2 is 1.95 bits per heavy atom. The van der Waals surface area contributed by atoms with E-state index in [4.69, 9.17) is 0 Å². The quantitative estimate of drug-likeness (QED) is 0.831. The van der Waals surface area contributed by atoms with Crippen LogP contribution in [0, 0.1) is 3.57 Å². The number of rotatable bonds is 3. The van der Waals surface area contributed by atoms with E-state index in [0.717, 1.165) is 21.4 Å². The number of nitrogens with one attached hydrogen (secondary N) is 1. The second-order valence-corrected chi connectivity index (χ2v) is 5.55. The summed E-state index contributed by atoms with van der Waals surface area (Å²) in [6.07, 6.45) is 0.733. The molecule has 1 amide bonds. The Bertz CT molecular complexity index is 680. The summed E-state index contributed by atoms with van der Waals surface area (Å²) in [7, 11) is 1.66. The minimum atomic E-state index is -0.338. The fraction of sp³-hybridized carbons (Fsp3) is 0.200. The van der Waals surface area contributed by atoms with Crippen LogP contribution in [0.5, 0.6) is 0 Å². The standard InChI is InChI=1S/C15H15IN2O2/c1-3-13-12(16)9-11(14(19)17-13)15(20)18(2)10-7-5-4-6-8-10/h4-9H,3H2,1-2H3,(H,17,19). The maximum atomic E-state index is 12.4. The van der Waals surface area contributed by atoms with Gasteiger partial charge in [-0.15, -0.1) is 0 Å². The smallest absolute Gasteiger partial charge is 0.263 e. The van der Waals surface area contributed by atoms with Crippen LogP contribution in [0.1, 0.15) is 23.0 Å². The molecule has 20 heavy (non-hydrogen) atoms. The van der Waals surface area contributed by atoms with Crippen molar-refractivity contribution in [2.75, 3.05) is 11.9 Å². The fourth-order valence-electron chi connectivity index (χ4n) is 1.91. The molecule has 1 aromatic carbocycles. The topological polar surface area (TPSA) is 53.2 Å². The Hall–Kier alpha value is -1.63. The molecule has 0 radical (unpaired) electrons. The molecule has 0 spiro atoms. The van der Waals surface area contributed by atoms with Gasteiger partial charge in [-0.2, -0.15) is 0 Å². The minimum Gasteiger partial charge on any atom is -0.324 e. The third kappa shape index (κ3) is 2.92. The normalized spacial score (nSPS) is 10.3. The number of aromatic amines is 1. The first-order valence-corrected chi connectivity index (χ1v) is 7.37. The zero-order valence-electron chi connectivity index (χ0n) is 11.3. The van der Waals surface area contributed by atoms with Crippen molar-refractivity contribution in [3.8, 4) is 0 Å². The zero-order chi connectivity index (χ0) is 14.7. The molecular formula is C15H15IN2O2. The van der Waals surface area contributed by atoms with Crippen molar-refractivity contribution >= 4 is 34.2 Å². The van der Waals surface area contributed by atoms with Crippen molar-refractivity contribution in [2.45, 2.75) is 13.3 Å². The Morgan fingerprint density at radius 1 is 1.30 bits per heavy atom. The van der Waals surface area contributed by atoms with E-state index < -0.39 is 0 Å². The Kier molecular flexibility index (Phi) is 4.59. The molecule has 0 unspecified atom stereocenters. The lowest BCUT2D eigenvalue weighted by Crippen LogP contribution is -2.32. The third-order valence-corrected chi connectivity index (χ3v) is 4.06. The number of amides is 1. The number of hydrogen-bond acceptors (Lipinski definition) is 2. The molecule has 0 aliphatic carbocycles. The lowest BCUT2D eigenvalue weighted by molar-refractivity contribution is 0.0991. The maximum absolute atomic E-state index is 12.4. The number of aryl methyl sites for hydroxylation is 1. The van der Waals surface area contributed by atoms with Crippen molar-refractivity contribution in [3.63, 3.8) is 0 Å². The number of carbonyl (C=O) groups is 1. The van der Waals surface area contributed by atoms with Gasteiger partial charge in [-0.05, 0) is 47.2 Å². The van der Waals surface area contributed by atoms with Crippen molar-refractivity contribution in [3.05, 3.63) is 61.6 Å². The molecule has 0 atom stereocenters. The molecule has 0 aliphatic rings. The van der Waals surface area contributed by atoms with E-state index in [1.165, 1.54) is 4.90 Å². The summed E-state index contributed by atoms with van der Waals surface area (Å²) in [4.78, 5) is 28.7. The molecule has 5 heteroatoms. The first kappa shape index (κ1) is 14.8. The van der Waals surface area contributed by atoms with Gasteiger partial charge in [0, 0.05) is 22.0 Å². The Labute approximate surface area is 131 Å². The highest BCUT2D eigenvalue weighted by Crippen LogP contribution is 2.15. The number of nitrogens with zero attached hydrogens (tertiary/aromatic N) is 1. The van der Waals surface area contributed by atoms with Gasteiger partial charge in [0.15, 0.2) is 0 Å². The largest absolute Gasteiger partial charge is 0.324 e. The molecule has 0 aliphatic heterocycles. The Morgan fingerprint density at radius 3 is 2.55 bits per heavy atom. The van der Waals surface area contributed by atoms with E-state index in [-0.39, 0.29) is 17.0 Å². The molecule has 0 bridgehead atoms. The summed E-state index contributed by atoms with van der Waals surface area (Å²) in [5, 5.41) is 0. The number of carbonyl (C=O) groups excluding carboxylic acids is 1. The average Bonchev–Trinajstić information content (AvgIpc) is 2.48. The van der Waals surface area contributed by atoms with Gasteiger partial charge in [-0.3, -0.25) is 9.59 Å². The number of halogens is 1. The first-order valence-electron chi connectivity index (χ1n) is 6.29. The van der Waals surface area contributed by atoms with Gasteiger partial charge in [0.05, 0.1) is 0 Å². The van der Waals surface area contributed by atoms with Crippen LogP contribution in [0.2, 0.25) is 0 Å². The van der Waals surface area contributed by atoms with Gasteiger partial charge >= 0.3 is 0 Å². The monoisotopic (exact) mass is 382 g/mol. The van der Waals surface area contributed by atoms with E-state index in [2.05, 4.69) is 27.6 Å². The van der Waals surface area contributed by atoms with Crippen LogP contribution in [0.3, 0.4) is 0 Å². The maximum Gasteiger partial charge on any atom is 0.263 e. The van der Waals surface area contributed by atoms with Crippen molar-refractivity contribution in [2.24, 2.45) is 0 Å². The zero-order valence-corrected chi connectivity index (χ0v) is 13.5. The molecule has 1 aromatic heterocycles. The minimum absolute atomic E-state index is 0.165. The third-order valence-electron chi connectivity index (χ3n) is 3.10. The van der Waals surface area contributed by atoms with Gasteiger partial charge in [-0.25, -0.2) is 0 Å². The number of hydrogen-bond donors (Lipinski definition) is 1. The van der Waals surface area contributed by atoms with Gasteiger partial charge < -0.3 is 9.88 Å². The molecular weight excluding hydrogens is 367 g/mol. The number of anilines is 1. The molecule has 0 fully saturated rings. The van der Waals surface area contributed by atoms with Crippen LogP contribution in [-0.2, 0) is 6.42 Å². The lowest BCUT2D eigenvalue weighted by Gasteiger charge is -2.17. The molecule has 2 rings (SSSR count). The van der Waals surface area contributed by atoms with Crippen LogP contribution >= 0.6 is 22.6 Å². The highest BCUT2D eigenvalue weighted by Gasteiger charge is 2.18. The van der Waals surface area contributed by atoms with Crippen molar-refractivity contribution in [1.82, 2.24) is 4.98 Å². The van der Waals surface area contributed by atoms with Crippen LogP contribution in [0.25, 0.3) is 0 Å². The number of aromatic nitrogens is 1. The summed E-state index contributed by atoms with van der Waals surface area (Å²) in [5.74, 6) is -0.307. The number of para-hydroxylation sites is 1. The fourth-order valence-corrected chi connectivity index (χ4v) is 2.74. The molecule has 4 nitrogen and oxygen atoms in total. The summed E-state index contributed by atoms with van der Waals surface area (Å²) in [5.41, 5.74) is 1.44. The highest BCUT2D eigenvalue weighted by atomic mass is 127. The molecule has 104 valence electrons. The molecule has 0 saturated heterocycles. The van der Waals surface area contributed by atoms with Crippen LogP contribution < -0.4 is 10.5 Å². The first-order chi connectivity index (χ1) is 9.54. The summed E-state index contributed by atoms with van der Waals surface area (Å²) in [6.45, 7) is 1.96. The number of benzene rings is 1. The van der Waals surface area contributed by atoms with Gasteiger partial charge in [0.25, 0.3) is 11.5 Å². The van der Waals surface area contributed by atoms with E-state index in [1.807, 2.05) is 37.3 Å². The van der Waals surface area contributed by atoms with Gasteiger partial charge in [-0.1, -0.05) is 25.1 Å². The van der Waals surface area contributed by atoms with Gasteiger partial charge in [0.2, 0.25) is 0 Å². The summed E-state index contributed by atoms with van der Waals surface area (Å²) >= 11 is 2.13. The van der Waals surface area contributed by atoms with E-state index >= 15 is 0 Å². The summed E-state index contributed by atoms with van der Waals surface area (Å²) in [6, 6.07) is 10.9. The second kappa shape index (κ2) is 6.21. The molecule has 1 heterocycles. The van der Waals surface area contributed by atoms with Gasteiger partial charge in [0.1, 0.15) is 5.56 Å². The molecule has 1 N–H and O–H groups in total. The lowest BCUT2D eigenvalue weighted by atomic mass is 10.2. The van der Waals surface area contributed by atoms with Crippen LogP contribution in [0.4, 0.5) is 5.69 Å². The molecule has 0 saturated carbocycles. The van der Waals surface area contributed by atoms with Crippen LogP contribution in [-0.4, -0.2) is 17.9 Å². The predicted octanol–water partition coefficient (Wildman–Crippen LogP) is 2.82. The number of pyridine rings is 1. The SMILES string of the molecule is CCc1[nH]c(=O)c(C(=O)N(C)c2ccccc2)cc1I. The van der Waals surface area contributed by atoms with Crippen molar-refractivity contribution in [1.29, 1.82) is 0 Å². The highest BCUT2D eigenvalue weighted by molar-refractivity contribution is 14.1. The predicted molar refractivity (Wildman–Crippen MR) is 88.3 cm³/mol. The summed E-state index contributed by atoms with van der Waals surface area (Å²) < 4.78 is 0.898. The average molecular weight is 382 g/mol. The Balaban J connectivity index is 2.39. The number of H-pyrrole nitrogens is 1. The second-order valence-electron chi connectivity index (χ2n) is 4.39. The van der Waals surface area contributed by atoms with Crippen LogP contribution in [0.15, 0.2) is 41.2 Å². The van der Waals surface area contributed by atoms with E-state index in [1.54, 1.807) is 13.1 Å². The van der Waals surface area contributed by atoms with E-state index in [0.29, 0.717) is 0 Å². The van der Waals surface area contributed by atoms with E-state index in [9.17, 15) is 9.59 Å².